The molecule has 0 rings (SSSR count). The van der Waals surface area contributed by atoms with Crippen LogP contribution in [0.2, 0.25) is 0 Å². The summed E-state index contributed by atoms with van der Waals surface area (Å²) in [6, 6.07) is 0. The van der Waals surface area contributed by atoms with E-state index < -0.39 is 97.5 Å². The molecule has 0 aromatic heterocycles. The van der Waals surface area contributed by atoms with E-state index in [1.54, 1.807) is 0 Å². The van der Waals surface area contributed by atoms with E-state index in [2.05, 4.69) is 34.6 Å². The number of esters is 4. The van der Waals surface area contributed by atoms with Crippen molar-refractivity contribution in [3.63, 3.8) is 0 Å². The van der Waals surface area contributed by atoms with Gasteiger partial charge in [-0.3, -0.25) is 37.3 Å². The van der Waals surface area contributed by atoms with Crippen molar-refractivity contribution in [3.05, 3.63) is 0 Å². The average molecular weight is 1350 g/mol. The molecular weight excluding hydrogens is 1210 g/mol. The van der Waals surface area contributed by atoms with E-state index in [9.17, 15) is 43.2 Å². The van der Waals surface area contributed by atoms with Crippen molar-refractivity contribution in [3.8, 4) is 0 Å². The molecule has 0 aromatic carbocycles. The molecule has 0 radical (unpaired) electrons. The van der Waals surface area contributed by atoms with Crippen LogP contribution >= 0.6 is 15.6 Å². The highest BCUT2D eigenvalue weighted by Crippen LogP contribution is 2.45. The lowest BCUT2D eigenvalue weighted by molar-refractivity contribution is -0.161. The number of carbonyl (C=O) groups is 4. The maximum absolute atomic E-state index is 13.1. The second-order valence-corrected chi connectivity index (χ2v) is 29.7. The largest absolute Gasteiger partial charge is 0.472 e. The molecule has 3 N–H and O–H groups in total. The highest BCUT2D eigenvalue weighted by atomic mass is 31.2. The van der Waals surface area contributed by atoms with E-state index in [0.29, 0.717) is 25.7 Å². The Morgan fingerprint density at radius 2 is 0.500 bits per heavy atom. The lowest BCUT2D eigenvalue weighted by Crippen LogP contribution is -2.30. The molecule has 0 aromatic rings. The van der Waals surface area contributed by atoms with Crippen molar-refractivity contribution < 1.29 is 80.2 Å². The van der Waals surface area contributed by atoms with Crippen LogP contribution in [-0.2, 0) is 65.4 Å². The minimum atomic E-state index is -4.95. The average Bonchev–Trinajstić information content (AvgIpc) is 2.63. The maximum Gasteiger partial charge on any atom is 0.472 e. The van der Waals surface area contributed by atoms with Gasteiger partial charge in [-0.1, -0.05) is 330 Å². The third-order valence-electron chi connectivity index (χ3n) is 17.0. The predicted molar refractivity (Wildman–Crippen MR) is 372 cm³/mol. The van der Waals surface area contributed by atoms with Gasteiger partial charge in [0.15, 0.2) is 12.2 Å². The Balaban J connectivity index is 5.21. The van der Waals surface area contributed by atoms with Crippen molar-refractivity contribution in [2.75, 3.05) is 39.6 Å². The van der Waals surface area contributed by atoms with Gasteiger partial charge in [-0.2, -0.15) is 0 Å². The van der Waals surface area contributed by atoms with E-state index >= 15 is 0 Å². The van der Waals surface area contributed by atoms with Crippen molar-refractivity contribution >= 4 is 39.5 Å². The predicted octanol–water partition coefficient (Wildman–Crippen LogP) is 21.3. The number of aliphatic hydroxyl groups is 1. The molecular formula is C73H142O17P2. The first-order valence-electron chi connectivity index (χ1n) is 38.1. The quantitative estimate of drug-likeness (QED) is 0.0222. The molecule has 0 saturated carbocycles. The summed E-state index contributed by atoms with van der Waals surface area (Å²) in [6.45, 7) is 7.26. The van der Waals surface area contributed by atoms with E-state index in [1.165, 1.54) is 199 Å². The summed E-state index contributed by atoms with van der Waals surface area (Å²) in [5, 5.41) is 10.6. The lowest BCUT2D eigenvalue weighted by Gasteiger charge is -2.21. The van der Waals surface area contributed by atoms with Crippen molar-refractivity contribution in [2.45, 2.75) is 400 Å². The summed E-state index contributed by atoms with van der Waals surface area (Å²) in [6.07, 6.45) is 54.0. The minimum absolute atomic E-state index is 0.107. The smallest absolute Gasteiger partial charge is 0.462 e. The van der Waals surface area contributed by atoms with E-state index in [1.807, 2.05) is 0 Å². The Bertz CT molecular complexity index is 1770. The molecule has 0 saturated heterocycles. The van der Waals surface area contributed by atoms with Crippen molar-refractivity contribution in [1.82, 2.24) is 0 Å². The molecule has 0 aliphatic rings. The fraction of sp³-hybridized carbons (Fsp3) is 0.945. The molecule has 0 heterocycles. The molecule has 0 amide bonds. The zero-order chi connectivity index (χ0) is 67.7. The molecule has 2 unspecified atom stereocenters. The van der Waals surface area contributed by atoms with Crippen LogP contribution in [0.15, 0.2) is 0 Å². The topological polar surface area (TPSA) is 237 Å². The number of aliphatic hydroxyl groups excluding tert-OH is 1. The third kappa shape index (κ3) is 66.7. The number of rotatable bonds is 73. The lowest BCUT2D eigenvalue weighted by atomic mass is 10.0. The zero-order valence-electron chi connectivity index (χ0n) is 59.7. The van der Waals surface area contributed by atoms with Gasteiger partial charge in [-0.25, -0.2) is 9.13 Å². The number of ether oxygens (including phenoxy) is 4. The molecule has 5 atom stereocenters. The van der Waals surface area contributed by atoms with Crippen LogP contribution in [0, 0.1) is 5.92 Å². The van der Waals surface area contributed by atoms with Crippen LogP contribution in [0.1, 0.15) is 381 Å². The Kier molecular flexibility index (Phi) is 64.9. The number of phosphoric acid groups is 2. The van der Waals surface area contributed by atoms with E-state index in [0.717, 1.165) is 102 Å². The summed E-state index contributed by atoms with van der Waals surface area (Å²) in [5.74, 6) is -1.34. The highest BCUT2D eigenvalue weighted by Gasteiger charge is 2.30. The molecule has 92 heavy (non-hydrogen) atoms. The zero-order valence-corrected chi connectivity index (χ0v) is 61.5. The van der Waals surface area contributed by atoms with Crippen LogP contribution in [0.4, 0.5) is 0 Å². The van der Waals surface area contributed by atoms with Crippen molar-refractivity contribution in [2.24, 2.45) is 5.92 Å². The molecule has 546 valence electrons. The first-order chi connectivity index (χ1) is 44.5. The van der Waals surface area contributed by atoms with Crippen molar-refractivity contribution in [1.29, 1.82) is 0 Å². The van der Waals surface area contributed by atoms with Gasteiger partial charge in [0.25, 0.3) is 0 Å². The van der Waals surface area contributed by atoms with Crippen LogP contribution in [0.3, 0.4) is 0 Å². The van der Waals surface area contributed by atoms with Crippen LogP contribution < -0.4 is 0 Å². The molecule has 19 heteroatoms. The van der Waals surface area contributed by atoms with Crippen LogP contribution in [-0.4, -0.2) is 96.7 Å². The summed E-state index contributed by atoms with van der Waals surface area (Å²) in [4.78, 5) is 72.6. The van der Waals surface area contributed by atoms with Gasteiger partial charge >= 0.3 is 39.5 Å². The number of unbranched alkanes of at least 4 members (excludes halogenated alkanes) is 45. The third-order valence-corrected chi connectivity index (χ3v) is 18.9. The molecule has 0 fully saturated rings. The Hall–Kier alpha value is -1.94. The van der Waals surface area contributed by atoms with Gasteiger partial charge in [-0.15, -0.1) is 0 Å². The Labute approximate surface area is 562 Å². The Morgan fingerprint density at radius 1 is 0.293 bits per heavy atom. The number of phosphoric ester groups is 2. The summed E-state index contributed by atoms with van der Waals surface area (Å²) < 4.78 is 68.4. The fourth-order valence-corrected chi connectivity index (χ4v) is 12.8. The van der Waals surface area contributed by atoms with Gasteiger partial charge in [0.1, 0.15) is 19.3 Å². The summed E-state index contributed by atoms with van der Waals surface area (Å²) >= 11 is 0. The van der Waals surface area contributed by atoms with Gasteiger partial charge in [0.2, 0.25) is 0 Å². The standard InChI is InChI=1S/C73H142O17P2/c1-6-9-12-15-18-21-23-25-26-27-28-29-35-39-44-49-54-59-73(78)90-69(63-84-71(76)57-52-47-42-37-34-31-30-32-36-40-45-50-55-66(4)5)65-88-92(81,82)86-61-67(74)60-85-91(79,80)87-64-68(62-83-70(75)56-51-46-41-20-17-14-11-8-3)89-72(77)58-53-48-43-38-33-24-22-19-16-13-10-7-2/h66-69,74H,6-65H2,1-5H3,(H,79,80)(H,81,82)/t67-,68+,69+/m0/s1. The fourth-order valence-electron chi connectivity index (χ4n) is 11.2. The van der Waals surface area contributed by atoms with Gasteiger partial charge in [0, 0.05) is 25.7 Å². The Morgan fingerprint density at radius 3 is 0.739 bits per heavy atom. The first kappa shape index (κ1) is 90.1. The van der Waals surface area contributed by atoms with Gasteiger partial charge in [-0.05, 0) is 31.6 Å². The molecule has 0 aliphatic heterocycles. The highest BCUT2D eigenvalue weighted by molar-refractivity contribution is 7.47. The maximum atomic E-state index is 13.1. The minimum Gasteiger partial charge on any atom is -0.462 e. The monoisotopic (exact) mass is 1350 g/mol. The number of carbonyl (C=O) groups excluding carboxylic acids is 4. The summed E-state index contributed by atoms with van der Waals surface area (Å²) in [7, 11) is -9.90. The normalized spacial score (nSPS) is 14.0. The number of hydrogen-bond donors (Lipinski definition) is 3. The molecule has 17 nitrogen and oxygen atoms in total. The summed E-state index contributed by atoms with van der Waals surface area (Å²) in [5.41, 5.74) is 0. The van der Waals surface area contributed by atoms with E-state index in [-0.39, 0.29) is 25.7 Å². The molecule has 0 bridgehead atoms. The van der Waals surface area contributed by atoms with Crippen LogP contribution in [0.25, 0.3) is 0 Å². The van der Waals surface area contributed by atoms with Gasteiger partial charge in [0.05, 0.1) is 26.4 Å². The first-order valence-corrected chi connectivity index (χ1v) is 41.1. The molecule has 0 spiro atoms. The van der Waals surface area contributed by atoms with E-state index in [4.69, 9.17) is 37.0 Å². The molecule has 0 aliphatic carbocycles. The number of hydrogen-bond acceptors (Lipinski definition) is 15. The van der Waals surface area contributed by atoms with Gasteiger partial charge < -0.3 is 33.8 Å². The SMILES string of the molecule is CCCCCCCCCCCCCCCCCCCC(=O)O[C@H](COC(=O)CCCCCCCCCCCCCCC(C)C)COP(=O)(O)OC[C@@H](O)COP(=O)(O)OC[C@@H](COC(=O)CCCCCCCCCC)OC(=O)CCCCCCCCCCCCCC. The second-order valence-electron chi connectivity index (χ2n) is 26.8. The second kappa shape index (κ2) is 66.3. The van der Waals surface area contributed by atoms with Crippen LogP contribution in [0.5, 0.6) is 0 Å².